The lowest BCUT2D eigenvalue weighted by molar-refractivity contribution is 0.303. The van der Waals surface area contributed by atoms with E-state index in [1.54, 1.807) is 0 Å². The van der Waals surface area contributed by atoms with Gasteiger partial charge in [-0.2, -0.15) is 0 Å². The summed E-state index contributed by atoms with van der Waals surface area (Å²) < 4.78 is 11.1. The summed E-state index contributed by atoms with van der Waals surface area (Å²) in [5.41, 5.74) is 1.21. The molecule has 0 amide bonds. The third kappa shape index (κ3) is 2.30. The van der Waals surface area contributed by atoms with Crippen molar-refractivity contribution in [3.05, 3.63) is 23.8 Å². The van der Waals surface area contributed by atoms with Gasteiger partial charge < -0.3 is 14.8 Å². The fourth-order valence-electron chi connectivity index (χ4n) is 1.99. The van der Waals surface area contributed by atoms with Gasteiger partial charge in [-0.25, -0.2) is 0 Å². The van der Waals surface area contributed by atoms with Crippen molar-refractivity contribution in [2.45, 2.75) is 32.9 Å². The molecule has 0 saturated heterocycles. The maximum atomic E-state index is 5.63. The predicted molar refractivity (Wildman–Crippen MR) is 64.1 cm³/mol. The highest BCUT2D eigenvalue weighted by Crippen LogP contribution is 2.35. The van der Waals surface area contributed by atoms with Crippen LogP contribution in [0.5, 0.6) is 11.5 Å². The quantitative estimate of drug-likeness (QED) is 0.847. The lowest BCUT2D eigenvalue weighted by atomic mass is 10.1. The highest BCUT2D eigenvalue weighted by atomic mass is 16.5. The minimum Gasteiger partial charge on any atom is -0.494 e. The molecule has 1 atom stereocenters. The minimum absolute atomic E-state index is 0.287. The standard InChI is InChI=1S/C13H19NO2/c1-4-15-10-5-6-13-11(7-10)12(8-16-13)14-9(2)3/h5-7,9,12,14H,4,8H2,1-3H3. The number of benzene rings is 1. The molecule has 1 N–H and O–H groups in total. The molecule has 1 unspecified atom stereocenters. The van der Waals surface area contributed by atoms with Crippen molar-refractivity contribution >= 4 is 0 Å². The molecule has 1 aliphatic rings. The molecule has 0 fully saturated rings. The molecule has 1 aromatic carbocycles. The van der Waals surface area contributed by atoms with Gasteiger partial charge in [-0.3, -0.25) is 0 Å². The Morgan fingerprint density at radius 2 is 2.31 bits per heavy atom. The molecule has 1 aromatic rings. The van der Waals surface area contributed by atoms with Crippen LogP contribution in [0.15, 0.2) is 18.2 Å². The molecule has 3 heteroatoms. The van der Waals surface area contributed by atoms with Crippen molar-refractivity contribution in [1.29, 1.82) is 0 Å². The molecule has 0 radical (unpaired) electrons. The smallest absolute Gasteiger partial charge is 0.124 e. The van der Waals surface area contributed by atoms with Crippen LogP contribution in [0.3, 0.4) is 0 Å². The van der Waals surface area contributed by atoms with Crippen LogP contribution in [0, 0.1) is 0 Å². The summed E-state index contributed by atoms with van der Waals surface area (Å²) in [5.74, 6) is 1.89. The van der Waals surface area contributed by atoms with Crippen molar-refractivity contribution < 1.29 is 9.47 Å². The summed E-state index contributed by atoms with van der Waals surface area (Å²) >= 11 is 0. The molecule has 2 rings (SSSR count). The van der Waals surface area contributed by atoms with Crippen LogP contribution in [-0.4, -0.2) is 19.3 Å². The Morgan fingerprint density at radius 1 is 1.50 bits per heavy atom. The normalized spacial score (nSPS) is 18.4. The van der Waals surface area contributed by atoms with Gasteiger partial charge in [0.05, 0.1) is 12.6 Å². The number of hydrogen-bond donors (Lipinski definition) is 1. The summed E-state index contributed by atoms with van der Waals surface area (Å²) in [7, 11) is 0. The highest BCUT2D eigenvalue weighted by Gasteiger charge is 2.24. The van der Waals surface area contributed by atoms with Crippen LogP contribution >= 0.6 is 0 Å². The van der Waals surface area contributed by atoms with E-state index in [-0.39, 0.29) is 6.04 Å². The summed E-state index contributed by atoms with van der Waals surface area (Å²) in [4.78, 5) is 0. The number of rotatable bonds is 4. The van der Waals surface area contributed by atoms with Gasteiger partial charge in [-0.1, -0.05) is 13.8 Å². The van der Waals surface area contributed by atoms with Gasteiger partial charge in [0.1, 0.15) is 18.1 Å². The van der Waals surface area contributed by atoms with Gasteiger partial charge in [-0.05, 0) is 25.1 Å². The van der Waals surface area contributed by atoms with Crippen molar-refractivity contribution in [2.24, 2.45) is 0 Å². The molecule has 88 valence electrons. The first kappa shape index (κ1) is 11.3. The van der Waals surface area contributed by atoms with Crippen molar-refractivity contribution in [3.8, 4) is 11.5 Å². The maximum absolute atomic E-state index is 5.63. The fraction of sp³-hybridized carbons (Fsp3) is 0.538. The van der Waals surface area contributed by atoms with Crippen LogP contribution in [0.2, 0.25) is 0 Å². The van der Waals surface area contributed by atoms with Gasteiger partial charge in [0.25, 0.3) is 0 Å². The molecular weight excluding hydrogens is 202 g/mol. The second kappa shape index (κ2) is 4.74. The Kier molecular flexibility index (Phi) is 3.34. The molecule has 0 aromatic heterocycles. The zero-order chi connectivity index (χ0) is 11.5. The first-order valence-corrected chi connectivity index (χ1v) is 5.86. The predicted octanol–water partition coefficient (Wildman–Crippen LogP) is 2.52. The topological polar surface area (TPSA) is 30.5 Å². The SMILES string of the molecule is CCOc1ccc2c(c1)C(NC(C)C)CO2. The molecule has 0 aliphatic carbocycles. The van der Waals surface area contributed by atoms with E-state index >= 15 is 0 Å². The van der Waals surface area contributed by atoms with Crippen LogP contribution < -0.4 is 14.8 Å². The average molecular weight is 221 g/mol. The summed E-state index contributed by atoms with van der Waals surface area (Å²) in [6, 6.07) is 6.76. The van der Waals surface area contributed by atoms with Gasteiger partial charge >= 0.3 is 0 Å². The summed E-state index contributed by atoms with van der Waals surface area (Å²) in [5, 5.41) is 3.49. The average Bonchev–Trinajstić information content (AvgIpc) is 2.61. The lowest BCUT2D eigenvalue weighted by Gasteiger charge is -2.15. The van der Waals surface area contributed by atoms with E-state index in [1.165, 1.54) is 5.56 Å². The van der Waals surface area contributed by atoms with Crippen molar-refractivity contribution in [1.82, 2.24) is 5.32 Å². The molecule has 0 saturated carbocycles. The summed E-state index contributed by atoms with van der Waals surface area (Å²) in [6.45, 7) is 7.69. The van der Waals surface area contributed by atoms with E-state index in [0.29, 0.717) is 19.3 Å². The van der Waals surface area contributed by atoms with E-state index in [4.69, 9.17) is 9.47 Å². The van der Waals surface area contributed by atoms with E-state index in [0.717, 1.165) is 11.5 Å². The number of ether oxygens (including phenoxy) is 2. The molecule has 1 aliphatic heterocycles. The fourth-order valence-corrected chi connectivity index (χ4v) is 1.99. The highest BCUT2D eigenvalue weighted by molar-refractivity contribution is 5.44. The molecule has 16 heavy (non-hydrogen) atoms. The lowest BCUT2D eigenvalue weighted by Crippen LogP contribution is -2.28. The first-order chi connectivity index (χ1) is 7.70. The third-order valence-electron chi connectivity index (χ3n) is 2.61. The Morgan fingerprint density at radius 3 is 3.00 bits per heavy atom. The number of hydrogen-bond acceptors (Lipinski definition) is 3. The van der Waals surface area contributed by atoms with Crippen LogP contribution in [-0.2, 0) is 0 Å². The van der Waals surface area contributed by atoms with Crippen LogP contribution in [0.25, 0.3) is 0 Å². The van der Waals surface area contributed by atoms with Crippen LogP contribution in [0.1, 0.15) is 32.4 Å². The summed E-state index contributed by atoms with van der Waals surface area (Å²) in [6.07, 6.45) is 0. The molecule has 1 heterocycles. The monoisotopic (exact) mass is 221 g/mol. The Labute approximate surface area is 96.8 Å². The minimum atomic E-state index is 0.287. The Balaban J connectivity index is 2.19. The Hall–Kier alpha value is -1.22. The van der Waals surface area contributed by atoms with Crippen LogP contribution in [0.4, 0.5) is 0 Å². The molecule has 0 bridgehead atoms. The molecule has 3 nitrogen and oxygen atoms in total. The van der Waals surface area contributed by atoms with E-state index < -0.39 is 0 Å². The van der Waals surface area contributed by atoms with E-state index in [2.05, 4.69) is 25.2 Å². The zero-order valence-corrected chi connectivity index (χ0v) is 10.1. The van der Waals surface area contributed by atoms with Gasteiger partial charge in [-0.15, -0.1) is 0 Å². The molecule has 0 spiro atoms. The maximum Gasteiger partial charge on any atom is 0.124 e. The van der Waals surface area contributed by atoms with Crippen molar-refractivity contribution in [2.75, 3.05) is 13.2 Å². The van der Waals surface area contributed by atoms with Gasteiger partial charge in [0.2, 0.25) is 0 Å². The second-order valence-electron chi connectivity index (χ2n) is 4.32. The van der Waals surface area contributed by atoms with Gasteiger partial charge in [0, 0.05) is 11.6 Å². The number of nitrogens with one attached hydrogen (secondary N) is 1. The Bertz CT molecular complexity index is 363. The largest absolute Gasteiger partial charge is 0.494 e. The van der Waals surface area contributed by atoms with Crippen molar-refractivity contribution in [3.63, 3.8) is 0 Å². The number of fused-ring (bicyclic) bond motifs is 1. The third-order valence-corrected chi connectivity index (χ3v) is 2.61. The van der Waals surface area contributed by atoms with E-state index in [1.807, 2.05) is 19.1 Å². The van der Waals surface area contributed by atoms with Gasteiger partial charge in [0.15, 0.2) is 0 Å². The van der Waals surface area contributed by atoms with E-state index in [9.17, 15) is 0 Å². The zero-order valence-electron chi connectivity index (χ0n) is 10.1. The molecular formula is C13H19NO2. The first-order valence-electron chi connectivity index (χ1n) is 5.86. The second-order valence-corrected chi connectivity index (χ2v) is 4.32.